The van der Waals surface area contributed by atoms with Crippen LogP contribution in [0.1, 0.15) is 67.6 Å². The van der Waals surface area contributed by atoms with E-state index in [0.29, 0.717) is 11.8 Å². The molecule has 9 rings (SSSR count). The fourth-order valence-corrected chi connectivity index (χ4v) is 8.17. The molecule has 0 radical (unpaired) electrons. The van der Waals surface area contributed by atoms with Gasteiger partial charge in [-0.3, -0.25) is 4.57 Å². The van der Waals surface area contributed by atoms with Crippen molar-refractivity contribution >= 4 is 43.6 Å². The molecular weight excluding hydrogens is 651 g/mol. The average molecular weight is 694 g/mol. The summed E-state index contributed by atoms with van der Waals surface area (Å²) in [6.07, 6.45) is 2.03. The molecule has 0 spiro atoms. The van der Waals surface area contributed by atoms with Gasteiger partial charge in [-0.25, -0.2) is 9.67 Å². The van der Waals surface area contributed by atoms with Gasteiger partial charge in [-0.1, -0.05) is 88.4 Å². The molecule has 9 aromatic rings. The van der Waals surface area contributed by atoms with Crippen LogP contribution in [0, 0.1) is 20.8 Å². The molecular formula is C47H43N5O. The number of benzene rings is 5. The third-order valence-corrected chi connectivity index (χ3v) is 10.6. The van der Waals surface area contributed by atoms with Crippen LogP contribution in [-0.4, -0.2) is 23.9 Å². The monoisotopic (exact) mass is 693 g/mol. The minimum absolute atomic E-state index is 0.356. The summed E-state index contributed by atoms with van der Waals surface area (Å²) in [5.41, 5.74) is 12.6. The predicted molar refractivity (Wildman–Crippen MR) is 219 cm³/mol. The van der Waals surface area contributed by atoms with Crippen LogP contribution in [0.4, 0.5) is 0 Å². The summed E-state index contributed by atoms with van der Waals surface area (Å²) >= 11 is 0. The minimum atomic E-state index is 0.356. The molecule has 53 heavy (non-hydrogen) atoms. The Balaban J connectivity index is 1.25. The van der Waals surface area contributed by atoms with E-state index in [1.54, 1.807) is 0 Å². The molecule has 0 fully saturated rings. The van der Waals surface area contributed by atoms with Crippen LogP contribution in [0.25, 0.3) is 60.8 Å². The van der Waals surface area contributed by atoms with E-state index in [1.165, 1.54) is 38.3 Å². The Hall–Kier alpha value is -6.14. The van der Waals surface area contributed by atoms with Crippen molar-refractivity contribution in [2.24, 2.45) is 0 Å². The zero-order valence-electron chi connectivity index (χ0n) is 31.3. The summed E-state index contributed by atoms with van der Waals surface area (Å²) in [5.74, 6) is 3.08. The molecule has 0 aliphatic heterocycles. The van der Waals surface area contributed by atoms with Crippen molar-refractivity contribution in [2.75, 3.05) is 0 Å². The van der Waals surface area contributed by atoms with Gasteiger partial charge in [-0.15, -0.1) is 0 Å². The van der Waals surface area contributed by atoms with Crippen molar-refractivity contribution in [3.05, 3.63) is 150 Å². The molecule has 6 heteroatoms. The molecule has 0 saturated heterocycles. The van der Waals surface area contributed by atoms with E-state index in [-0.39, 0.29) is 0 Å². The van der Waals surface area contributed by atoms with Crippen LogP contribution in [0.5, 0.6) is 11.5 Å². The topological polar surface area (TPSA) is 49.8 Å². The number of ether oxygens (including phenoxy) is 1. The van der Waals surface area contributed by atoms with E-state index in [2.05, 4.69) is 153 Å². The van der Waals surface area contributed by atoms with Crippen LogP contribution >= 0.6 is 0 Å². The molecule has 6 nitrogen and oxygen atoms in total. The molecule has 4 aromatic heterocycles. The van der Waals surface area contributed by atoms with Crippen LogP contribution < -0.4 is 4.74 Å². The first-order valence-corrected chi connectivity index (χ1v) is 18.6. The van der Waals surface area contributed by atoms with Gasteiger partial charge in [0.1, 0.15) is 17.3 Å². The van der Waals surface area contributed by atoms with Crippen LogP contribution in [0.15, 0.2) is 121 Å². The maximum atomic E-state index is 6.57. The van der Waals surface area contributed by atoms with Crippen LogP contribution in [-0.2, 0) is 0 Å². The summed E-state index contributed by atoms with van der Waals surface area (Å²) in [7, 11) is 0. The lowest BCUT2D eigenvalue weighted by atomic mass is 9.98. The first kappa shape index (κ1) is 32.7. The number of pyridine rings is 1. The lowest BCUT2D eigenvalue weighted by molar-refractivity contribution is 0.482. The van der Waals surface area contributed by atoms with E-state index < -0.39 is 0 Å². The molecule has 0 aliphatic carbocycles. The van der Waals surface area contributed by atoms with Crippen molar-refractivity contribution in [1.29, 1.82) is 0 Å². The van der Waals surface area contributed by atoms with Gasteiger partial charge < -0.3 is 9.30 Å². The van der Waals surface area contributed by atoms with Crippen LogP contribution in [0.3, 0.4) is 0 Å². The lowest BCUT2D eigenvalue weighted by Crippen LogP contribution is -2.06. The maximum Gasteiger partial charge on any atom is 0.139 e. The van der Waals surface area contributed by atoms with Crippen LogP contribution in [0.2, 0.25) is 0 Å². The van der Waals surface area contributed by atoms with Gasteiger partial charge in [-0.05, 0) is 85.7 Å². The Morgan fingerprint density at radius 2 is 1.21 bits per heavy atom. The smallest absolute Gasteiger partial charge is 0.139 e. The van der Waals surface area contributed by atoms with Gasteiger partial charge in [-0.2, -0.15) is 5.10 Å². The minimum Gasteiger partial charge on any atom is -0.457 e. The summed E-state index contributed by atoms with van der Waals surface area (Å²) in [4.78, 5) is 5.13. The molecule has 0 unspecified atom stereocenters. The largest absolute Gasteiger partial charge is 0.457 e. The first-order chi connectivity index (χ1) is 25.7. The first-order valence-electron chi connectivity index (χ1n) is 18.6. The molecule has 0 amide bonds. The number of aryl methyl sites for hydroxylation is 3. The van der Waals surface area contributed by atoms with Gasteiger partial charge >= 0.3 is 0 Å². The molecule has 0 N–H and O–H groups in total. The fraction of sp³-hybridized carbons (Fsp3) is 0.191. The zero-order chi connectivity index (χ0) is 36.5. The average Bonchev–Trinajstić information content (AvgIpc) is 3.79. The number of hydrogen-bond acceptors (Lipinski definition) is 3. The highest BCUT2D eigenvalue weighted by Gasteiger charge is 2.23. The summed E-state index contributed by atoms with van der Waals surface area (Å²) in [6.45, 7) is 15.4. The summed E-state index contributed by atoms with van der Waals surface area (Å²) < 4.78 is 13.3. The van der Waals surface area contributed by atoms with E-state index in [9.17, 15) is 0 Å². The SMILES string of the molecule is Cc1cc(C)n(-c2cccc(Oc3ccc4c5ccccc5n(-c5cc(-n6c7c(C(C)C)cccc7c7cccc(C(C)C)c76)c(C)cn5)c4c3)c2)n1. The van der Waals surface area contributed by atoms with Gasteiger partial charge in [0.15, 0.2) is 0 Å². The Kier molecular flexibility index (Phi) is 7.73. The number of rotatable bonds is 7. The molecule has 5 aromatic carbocycles. The van der Waals surface area contributed by atoms with Crippen molar-refractivity contribution in [3.63, 3.8) is 0 Å². The van der Waals surface area contributed by atoms with Crippen molar-refractivity contribution in [1.82, 2.24) is 23.9 Å². The van der Waals surface area contributed by atoms with Crippen molar-refractivity contribution in [3.8, 4) is 28.7 Å². The van der Waals surface area contributed by atoms with E-state index in [0.717, 1.165) is 62.1 Å². The second-order valence-electron chi connectivity index (χ2n) is 14.9. The molecule has 0 saturated carbocycles. The number of fused-ring (bicyclic) bond motifs is 6. The number of hydrogen-bond donors (Lipinski definition) is 0. The highest BCUT2D eigenvalue weighted by molar-refractivity contribution is 6.12. The second kappa shape index (κ2) is 12.5. The number of aromatic nitrogens is 5. The molecule has 0 aliphatic rings. The Labute approximate surface area is 309 Å². The van der Waals surface area contributed by atoms with Gasteiger partial charge in [0.25, 0.3) is 0 Å². The standard InChI is InChI=1S/C47H43N5O/c1-28(2)36-16-11-18-40-41-19-12-17-37(29(3)4)47(41)51(46(36)40)43-26-45(48-27-30(43)5)50-42-20-9-8-15-38(42)39-22-21-35(25-44(39)50)53-34-14-10-13-33(24-34)52-32(7)23-31(6)49-52/h8-29H,1-7H3. The highest BCUT2D eigenvalue weighted by Crippen LogP contribution is 2.41. The third kappa shape index (κ3) is 5.31. The Bertz CT molecular complexity index is 2800. The van der Waals surface area contributed by atoms with Crippen molar-refractivity contribution in [2.45, 2.75) is 60.3 Å². The Morgan fingerprint density at radius 3 is 1.89 bits per heavy atom. The number of nitrogens with zero attached hydrogens (tertiary/aromatic N) is 5. The summed E-state index contributed by atoms with van der Waals surface area (Å²) in [5, 5.41) is 9.57. The Morgan fingerprint density at radius 1 is 0.566 bits per heavy atom. The molecule has 4 heterocycles. The molecule has 0 bridgehead atoms. The second-order valence-corrected chi connectivity index (χ2v) is 14.9. The van der Waals surface area contributed by atoms with E-state index >= 15 is 0 Å². The van der Waals surface area contributed by atoms with E-state index in [1.807, 2.05) is 36.0 Å². The lowest BCUT2D eigenvalue weighted by Gasteiger charge is -2.19. The van der Waals surface area contributed by atoms with Gasteiger partial charge in [0.2, 0.25) is 0 Å². The van der Waals surface area contributed by atoms with Crippen molar-refractivity contribution < 1.29 is 4.74 Å². The third-order valence-electron chi connectivity index (χ3n) is 10.6. The maximum absolute atomic E-state index is 6.57. The predicted octanol–water partition coefficient (Wildman–Crippen LogP) is 12.4. The highest BCUT2D eigenvalue weighted by atomic mass is 16.5. The van der Waals surface area contributed by atoms with E-state index in [4.69, 9.17) is 9.72 Å². The van der Waals surface area contributed by atoms with Gasteiger partial charge in [0.05, 0.1) is 39.1 Å². The normalized spacial score (nSPS) is 12.0. The quantitative estimate of drug-likeness (QED) is 0.167. The zero-order valence-corrected chi connectivity index (χ0v) is 31.3. The fourth-order valence-electron chi connectivity index (χ4n) is 8.17. The molecule has 262 valence electrons. The van der Waals surface area contributed by atoms with Gasteiger partial charge in [0, 0.05) is 51.6 Å². The summed E-state index contributed by atoms with van der Waals surface area (Å²) in [6, 6.07) is 41.0. The molecule has 0 atom stereocenters. The number of para-hydroxylation sites is 3.